The van der Waals surface area contributed by atoms with Crippen LogP contribution in [-0.2, 0) is 9.53 Å². The molecule has 0 saturated carbocycles. The van der Waals surface area contributed by atoms with Crippen LogP contribution in [0.3, 0.4) is 0 Å². The molecule has 26 heavy (non-hydrogen) atoms. The Balaban J connectivity index is 2.17. The summed E-state index contributed by atoms with van der Waals surface area (Å²) in [5.74, 6) is -0.0758. The number of amides is 3. The van der Waals surface area contributed by atoms with Gasteiger partial charge in [-0.15, -0.1) is 0 Å². The number of ether oxygens (including phenoxy) is 1. The first-order chi connectivity index (χ1) is 12.1. The van der Waals surface area contributed by atoms with Crippen molar-refractivity contribution in [3.8, 4) is 0 Å². The number of nitrogens with zero attached hydrogens (tertiary/aromatic N) is 2. The molecule has 0 unspecified atom stereocenters. The zero-order valence-corrected chi connectivity index (χ0v) is 17.9. The maximum atomic E-state index is 12.3. The second-order valence-corrected chi connectivity index (χ2v) is 8.88. The van der Waals surface area contributed by atoms with E-state index in [0.717, 1.165) is 38.9 Å². The standard InChI is InChI=1S/C21H40N2O3/c1-7-20(3,4)13-9-11-15-26-16-12-10-14-21(5,6)23-18(24)17-22(8-2)19(23)25/h7-17H2,1-6H3. The monoisotopic (exact) mass is 368 g/mol. The lowest BCUT2D eigenvalue weighted by atomic mass is 9.85. The number of hydrogen-bond acceptors (Lipinski definition) is 3. The minimum Gasteiger partial charge on any atom is -0.381 e. The van der Waals surface area contributed by atoms with Gasteiger partial charge in [-0.05, 0) is 58.3 Å². The molecule has 1 aliphatic rings. The predicted octanol–water partition coefficient (Wildman–Crippen LogP) is 4.84. The van der Waals surface area contributed by atoms with Gasteiger partial charge in [0.05, 0.1) is 0 Å². The average molecular weight is 369 g/mol. The van der Waals surface area contributed by atoms with E-state index in [9.17, 15) is 9.59 Å². The Kier molecular flexibility index (Phi) is 9.08. The quantitative estimate of drug-likeness (QED) is 0.345. The van der Waals surface area contributed by atoms with E-state index in [0.29, 0.717) is 12.0 Å². The van der Waals surface area contributed by atoms with Crippen molar-refractivity contribution in [2.75, 3.05) is 26.3 Å². The van der Waals surface area contributed by atoms with Crippen LogP contribution in [0.5, 0.6) is 0 Å². The third kappa shape index (κ3) is 6.90. The second-order valence-electron chi connectivity index (χ2n) is 8.88. The lowest BCUT2D eigenvalue weighted by Crippen LogP contribution is -2.48. The van der Waals surface area contributed by atoms with E-state index in [4.69, 9.17) is 4.74 Å². The molecule has 0 aliphatic carbocycles. The summed E-state index contributed by atoms with van der Waals surface area (Å²) in [5, 5.41) is 0. The maximum absolute atomic E-state index is 12.3. The van der Waals surface area contributed by atoms with Gasteiger partial charge in [-0.25, -0.2) is 4.79 Å². The number of hydrogen-bond donors (Lipinski definition) is 0. The van der Waals surface area contributed by atoms with Gasteiger partial charge in [0.2, 0.25) is 0 Å². The van der Waals surface area contributed by atoms with Gasteiger partial charge in [0.25, 0.3) is 5.91 Å². The van der Waals surface area contributed by atoms with Gasteiger partial charge in [-0.3, -0.25) is 9.69 Å². The Hall–Kier alpha value is -1.10. The Labute approximate surface area is 160 Å². The summed E-state index contributed by atoms with van der Waals surface area (Å²) in [6, 6.07) is -0.145. The molecule has 5 nitrogen and oxygen atoms in total. The van der Waals surface area contributed by atoms with Crippen LogP contribution < -0.4 is 0 Å². The van der Waals surface area contributed by atoms with Gasteiger partial charge in [-0.2, -0.15) is 0 Å². The molecule has 152 valence electrons. The number of urea groups is 1. The number of carbonyl (C=O) groups is 2. The van der Waals surface area contributed by atoms with Crippen molar-refractivity contribution in [2.24, 2.45) is 5.41 Å². The molecule has 1 heterocycles. The van der Waals surface area contributed by atoms with E-state index < -0.39 is 5.54 Å². The van der Waals surface area contributed by atoms with E-state index >= 15 is 0 Å². The van der Waals surface area contributed by atoms with Crippen LogP contribution >= 0.6 is 0 Å². The first kappa shape index (κ1) is 22.9. The normalized spacial score (nSPS) is 16.1. The minimum atomic E-state index is -0.427. The highest BCUT2D eigenvalue weighted by atomic mass is 16.5. The molecule has 0 radical (unpaired) electrons. The van der Waals surface area contributed by atoms with Crippen molar-refractivity contribution in [3.05, 3.63) is 0 Å². The molecule has 1 fully saturated rings. The number of unbranched alkanes of at least 4 members (excludes halogenated alkanes) is 2. The van der Waals surface area contributed by atoms with Crippen LogP contribution in [0.15, 0.2) is 0 Å². The smallest absolute Gasteiger partial charge is 0.327 e. The van der Waals surface area contributed by atoms with Crippen molar-refractivity contribution in [3.63, 3.8) is 0 Å². The van der Waals surface area contributed by atoms with Crippen molar-refractivity contribution in [2.45, 2.75) is 92.0 Å². The number of carbonyl (C=O) groups excluding carboxylic acids is 2. The molecule has 0 N–H and O–H groups in total. The summed E-state index contributed by atoms with van der Waals surface area (Å²) in [6.07, 6.45) is 7.57. The van der Waals surface area contributed by atoms with E-state index in [1.54, 1.807) is 4.90 Å². The Bertz CT molecular complexity index is 460. The van der Waals surface area contributed by atoms with E-state index in [-0.39, 0.29) is 18.5 Å². The van der Waals surface area contributed by atoms with Crippen molar-refractivity contribution in [1.82, 2.24) is 9.80 Å². The number of imide groups is 1. The summed E-state index contributed by atoms with van der Waals surface area (Å²) < 4.78 is 5.74. The number of likely N-dealkylation sites (N-methyl/N-ethyl adjacent to an activating group) is 1. The fraction of sp³-hybridized carbons (Fsp3) is 0.905. The molecule has 5 heteroatoms. The molecule has 3 amide bonds. The van der Waals surface area contributed by atoms with E-state index in [1.165, 1.54) is 24.2 Å². The zero-order chi connectivity index (χ0) is 19.8. The average Bonchev–Trinajstić information content (AvgIpc) is 2.87. The second kappa shape index (κ2) is 10.3. The number of rotatable bonds is 13. The van der Waals surface area contributed by atoms with Gasteiger partial charge in [0.1, 0.15) is 6.54 Å². The highest BCUT2D eigenvalue weighted by Crippen LogP contribution is 2.27. The van der Waals surface area contributed by atoms with E-state index in [1.807, 2.05) is 20.8 Å². The van der Waals surface area contributed by atoms with Crippen molar-refractivity contribution >= 4 is 11.9 Å². The molecule has 1 aliphatic heterocycles. The first-order valence-corrected chi connectivity index (χ1v) is 10.3. The summed E-state index contributed by atoms with van der Waals surface area (Å²) in [4.78, 5) is 27.6. The summed E-state index contributed by atoms with van der Waals surface area (Å²) in [7, 11) is 0. The van der Waals surface area contributed by atoms with Gasteiger partial charge in [0.15, 0.2) is 0 Å². The summed E-state index contributed by atoms with van der Waals surface area (Å²) in [6.45, 7) is 15.2. The van der Waals surface area contributed by atoms with Crippen LogP contribution in [0.25, 0.3) is 0 Å². The Morgan fingerprint density at radius 1 is 0.923 bits per heavy atom. The lowest BCUT2D eigenvalue weighted by Gasteiger charge is -2.33. The molecule has 0 aromatic carbocycles. The summed E-state index contributed by atoms with van der Waals surface area (Å²) >= 11 is 0. The fourth-order valence-electron chi connectivity index (χ4n) is 3.35. The molecule has 0 aromatic heterocycles. The van der Waals surface area contributed by atoms with Crippen LogP contribution in [-0.4, -0.2) is 53.6 Å². The third-order valence-electron chi connectivity index (χ3n) is 5.70. The van der Waals surface area contributed by atoms with Crippen molar-refractivity contribution < 1.29 is 14.3 Å². The minimum absolute atomic E-state index is 0.0758. The Morgan fingerprint density at radius 2 is 1.50 bits per heavy atom. The molecular weight excluding hydrogens is 328 g/mol. The van der Waals surface area contributed by atoms with Gasteiger partial charge >= 0.3 is 6.03 Å². The molecule has 0 bridgehead atoms. The SMILES string of the molecule is CCN1CC(=O)N(C(C)(C)CCCCOCCCCC(C)(C)CC)C1=O. The van der Waals surface area contributed by atoms with Crippen molar-refractivity contribution in [1.29, 1.82) is 0 Å². The topological polar surface area (TPSA) is 49.9 Å². The van der Waals surface area contributed by atoms with Crippen LogP contribution in [0.2, 0.25) is 0 Å². The van der Waals surface area contributed by atoms with Crippen LogP contribution in [0.1, 0.15) is 86.5 Å². The highest BCUT2D eigenvalue weighted by molar-refractivity contribution is 6.02. The van der Waals surface area contributed by atoms with Crippen LogP contribution in [0, 0.1) is 5.41 Å². The largest absolute Gasteiger partial charge is 0.381 e. The zero-order valence-electron chi connectivity index (χ0n) is 17.9. The van der Waals surface area contributed by atoms with Gasteiger partial charge < -0.3 is 9.64 Å². The third-order valence-corrected chi connectivity index (χ3v) is 5.70. The molecule has 1 saturated heterocycles. The molecule has 0 aromatic rings. The lowest BCUT2D eigenvalue weighted by molar-refractivity contribution is -0.129. The van der Waals surface area contributed by atoms with Gasteiger partial charge in [-0.1, -0.05) is 33.6 Å². The van der Waals surface area contributed by atoms with Crippen LogP contribution in [0.4, 0.5) is 4.79 Å². The highest BCUT2D eigenvalue weighted by Gasteiger charge is 2.43. The predicted molar refractivity (Wildman–Crippen MR) is 106 cm³/mol. The molecular formula is C21H40N2O3. The summed E-state index contributed by atoms with van der Waals surface area (Å²) in [5.41, 5.74) is 0.0210. The molecule has 0 atom stereocenters. The first-order valence-electron chi connectivity index (χ1n) is 10.3. The Morgan fingerprint density at radius 3 is 2.00 bits per heavy atom. The molecule has 1 rings (SSSR count). The van der Waals surface area contributed by atoms with E-state index in [2.05, 4.69) is 20.8 Å². The molecule has 0 spiro atoms. The fourth-order valence-corrected chi connectivity index (χ4v) is 3.35. The van der Waals surface area contributed by atoms with Gasteiger partial charge in [0, 0.05) is 25.3 Å². The maximum Gasteiger partial charge on any atom is 0.327 e.